The molecule has 0 spiro atoms. The van der Waals surface area contributed by atoms with E-state index in [4.69, 9.17) is 19.7 Å². The molecule has 1 fully saturated rings. The molecule has 2 rings (SSSR count). The van der Waals surface area contributed by atoms with Gasteiger partial charge in [-0.1, -0.05) is 5.16 Å². The van der Waals surface area contributed by atoms with Gasteiger partial charge in [0, 0.05) is 13.0 Å². The lowest BCUT2D eigenvalue weighted by Gasteiger charge is -2.21. The van der Waals surface area contributed by atoms with Crippen molar-refractivity contribution in [3.63, 3.8) is 0 Å². The minimum atomic E-state index is -0.333. The van der Waals surface area contributed by atoms with Gasteiger partial charge >= 0.3 is 0 Å². The third kappa shape index (κ3) is 4.85. The molecule has 0 aromatic carbocycles. The standard InChI is InChI=1S/C14H25N3O3/c1-10(2)19-9-12(15)14-16-13(20-17-14)7-6-11-5-3-4-8-18-11/h10-12H,3-9,15H2,1-2H3. The molecule has 2 unspecified atom stereocenters. The Bertz CT molecular complexity index is 389. The molecule has 2 atom stereocenters. The summed E-state index contributed by atoms with van der Waals surface area (Å²) < 4.78 is 16.4. The van der Waals surface area contributed by atoms with Gasteiger partial charge in [-0.25, -0.2) is 0 Å². The molecule has 1 aromatic rings. The molecule has 6 nitrogen and oxygen atoms in total. The van der Waals surface area contributed by atoms with Gasteiger partial charge in [0.2, 0.25) is 5.89 Å². The molecule has 2 heterocycles. The lowest BCUT2D eigenvalue weighted by Crippen LogP contribution is -2.21. The first-order valence-electron chi connectivity index (χ1n) is 7.46. The molecule has 1 aliphatic heterocycles. The number of ether oxygens (including phenoxy) is 2. The van der Waals surface area contributed by atoms with Gasteiger partial charge in [-0.2, -0.15) is 4.98 Å². The van der Waals surface area contributed by atoms with Crippen LogP contribution in [0.3, 0.4) is 0 Å². The van der Waals surface area contributed by atoms with E-state index < -0.39 is 0 Å². The third-order valence-corrected chi connectivity index (χ3v) is 3.38. The summed E-state index contributed by atoms with van der Waals surface area (Å²) in [6, 6.07) is -0.333. The minimum Gasteiger partial charge on any atom is -0.378 e. The van der Waals surface area contributed by atoms with Crippen molar-refractivity contribution in [3.8, 4) is 0 Å². The molecule has 0 bridgehead atoms. The van der Waals surface area contributed by atoms with Crippen LogP contribution in [-0.2, 0) is 15.9 Å². The van der Waals surface area contributed by atoms with Crippen LogP contribution >= 0.6 is 0 Å². The summed E-state index contributed by atoms with van der Waals surface area (Å²) >= 11 is 0. The average molecular weight is 283 g/mol. The second-order valence-electron chi connectivity index (χ2n) is 5.56. The zero-order valence-corrected chi connectivity index (χ0v) is 12.4. The van der Waals surface area contributed by atoms with Gasteiger partial charge < -0.3 is 19.7 Å². The zero-order valence-electron chi connectivity index (χ0n) is 12.4. The highest BCUT2D eigenvalue weighted by molar-refractivity contribution is 4.93. The molecule has 0 saturated carbocycles. The number of nitrogens with two attached hydrogens (primary N) is 1. The van der Waals surface area contributed by atoms with E-state index in [1.54, 1.807) is 0 Å². The van der Waals surface area contributed by atoms with Gasteiger partial charge in [0.1, 0.15) is 0 Å². The lowest BCUT2D eigenvalue weighted by molar-refractivity contribution is 0.0104. The third-order valence-electron chi connectivity index (χ3n) is 3.38. The minimum absolute atomic E-state index is 0.149. The Labute approximate surface area is 120 Å². The van der Waals surface area contributed by atoms with Crippen molar-refractivity contribution in [2.45, 2.75) is 64.2 Å². The maximum absolute atomic E-state index is 5.96. The van der Waals surface area contributed by atoms with Crippen molar-refractivity contribution >= 4 is 0 Å². The number of aryl methyl sites for hydroxylation is 1. The van der Waals surface area contributed by atoms with Crippen molar-refractivity contribution in [1.29, 1.82) is 0 Å². The highest BCUT2D eigenvalue weighted by Gasteiger charge is 2.18. The second-order valence-corrected chi connectivity index (χ2v) is 5.56. The Balaban J connectivity index is 1.76. The smallest absolute Gasteiger partial charge is 0.226 e. The van der Waals surface area contributed by atoms with Crippen LogP contribution in [0, 0.1) is 0 Å². The van der Waals surface area contributed by atoms with E-state index in [1.807, 2.05) is 13.8 Å². The first kappa shape index (κ1) is 15.4. The van der Waals surface area contributed by atoms with E-state index in [9.17, 15) is 0 Å². The molecule has 0 aliphatic carbocycles. The number of aromatic nitrogens is 2. The van der Waals surface area contributed by atoms with Crippen LogP contribution in [0.1, 0.15) is 57.3 Å². The zero-order chi connectivity index (χ0) is 14.4. The number of nitrogens with zero attached hydrogens (tertiary/aromatic N) is 2. The maximum Gasteiger partial charge on any atom is 0.226 e. The summed E-state index contributed by atoms with van der Waals surface area (Å²) in [6.07, 6.45) is 5.70. The Morgan fingerprint density at radius 2 is 2.25 bits per heavy atom. The van der Waals surface area contributed by atoms with Gasteiger partial charge in [0.05, 0.1) is 24.9 Å². The molecule has 1 aromatic heterocycles. The van der Waals surface area contributed by atoms with Crippen LogP contribution in [0.4, 0.5) is 0 Å². The van der Waals surface area contributed by atoms with Crippen LogP contribution in [0.5, 0.6) is 0 Å². The van der Waals surface area contributed by atoms with Crippen molar-refractivity contribution in [2.24, 2.45) is 5.73 Å². The first-order valence-corrected chi connectivity index (χ1v) is 7.46. The molecule has 20 heavy (non-hydrogen) atoms. The summed E-state index contributed by atoms with van der Waals surface area (Å²) in [7, 11) is 0. The molecule has 1 aliphatic rings. The summed E-state index contributed by atoms with van der Waals surface area (Å²) in [5, 5.41) is 3.93. The van der Waals surface area contributed by atoms with Crippen LogP contribution in [-0.4, -0.2) is 35.6 Å². The molecule has 0 radical (unpaired) electrons. The van der Waals surface area contributed by atoms with Crippen molar-refractivity contribution in [2.75, 3.05) is 13.2 Å². The van der Waals surface area contributed by atoms with Gasteiger partial charge in [0.15, 0.2) is 5.82 Å². The molecule has 0 amide bonds. The fourth-order valence-corrected chi connectivity index (χ4v) is 2.21. The van der Waals surface area contributed by atoms with Gasteiger partial charge in [0.25, 0.3) is 0 Å². The maximum atomic E-state index is 5.96. The number of hydrogen-bond acceptors (Lipinski definition) is 6. The monoisotopic (exact) mass is 283 g/mol. The van der Waals surface area contributed by atoms with Crippen molar-refractivity contribution in [1.82, 2.24) is 10.1 Å². The van der Waals surface area contributed by atoms with E-state index in [0.717, 1.165) is 25.9 Å². The SMILES string of the molecule is CC(C)OCC(N)c1noc(CCC2CCCCO2)n1. The topological polar surface area (TPSA) is 83.4 Å². The largest absolute Gasteiger partial charge is 0.378 e. The Hall–Kier alpha value is -0.980. The first-order chi connectivity index (χ1) is 9.65. The van der Waals surface area contributed by atoms with Crippen molar-refractivity contribution < 1.29 is 14.0 Å². The van der Waals surface area contributed by atoms with E-state index >= 15 is 0 Å². The van der Waals surface area contributed by atoms with Gasteiger partial charge in [-0.3, -0.25) is 0 Å². The molecular weight excluding hydrogens is 258 g/mol. The van der Waals surface area contributed by atoms with E-state index in [-0.39, 0.29) is 12.1 Å². The summed E-state index contributed by atoms with van der Waals surface area (Å²) in [5.41, 5.74) is 5.96. The highest BCUT2D eigenvalue weighted by atomic mass is 16.5. The van der Waals surface area contributed by atoms with Crippen molar-refractivity contribution in [3.05, 3.63) is 11.7 Å². The molecule has 114 valence electrons. The van der Waals surface area contributed by atoms with E-state index in [1.165, 1.54) is 12.8 Å². The fourth-order valence-electron chi connectivity index (χ4n) is 2.21. The predicted octanol–water partition coefficient (Wildman–Crippen LogP) is 2.00. The predicted molar refractivity (Wildman–Crippen MR) is 74.2 cm³/mol. The quantitative estimate of drug-likeness (QED) is 0.824. The Morgan fingerprint density at radius 3 is 2.95 bits per heavy atom. The summed E-state index contributed by atoms with van der Waals surface area (Å²) in [5.74, 6) is 1.15. The average Bonchev–Trinajstić information content (AvgIpc) is 2.92. The summed E-state index contributed by atoms with van der Waals surface area (Å²) in [6.45, 7) is 5.22. The van der Waals surface area contributed by atoms with Crippen LogP contribution < -0.4 is 5.73 Å². The summed E-state index contributed by atoms with van der Waals surface area (Å²) in [4.78, 5) is 4.33. The fraction of sp³-hybridized carbons (Fsp3) is 0.857. The lowest BCUT2D eigenvalue weighted by atomic mass is 10.0. The highest BCUT2D eigenvalue weighted by Crippen LogP contribution is 2.18. The molecule has 2 N–H and O–H groups in total. The normalized spacial score (nSPS) is 21.3. The van der Waals surface area contributed by atoms with Crippen LogP contribution in [0.25, 0.3) is 0 Å². The Kier molecular flexibility index (Phi) is 5.94. The molecular formula is C14H25N3O3. The molecule has 6 heteroatoms. The van der Waals surface area contributed by atoms with Crippen LogP contribution in [0.2, 0.25) is 0 Å². The van der Waals surface area contributed by atoms with Gasteiger partial charge in [-0.05, 0) is 39.5 Å². The van der Waals surface area contributed by atoms with E-state index in [0.29, 0.717) is 24.4 Å². The second kappa shape index (κ2) is 7.71. The Morgan fingerprint density at radius 1 is 1.40 bits per heavy atom. The van der Waals surface area contributed by atoms with E-state index in [2.05, 4.69) is 10.1 Å². The van der Waals surface area contributed by atoms with Gasteiger partial charge in [-0.15, -0.1) is 0 Å². The number of hydrogen-bond donors (Lipinski definition) is 1. The van der Waals surface area contributed by atoms with Crippen LogP contribution in [0.15, 0.2) is 4.52 Å². The number of rotatable bonds is 7. The molecule has 1 saturated heterocycles.